The van der Waals surface area contributed by atoms with Crippen molar-refractivity contribution in [1.82, 2.24) is 34.5 Å². The molecule has 0 atom stereocenters. The lowest BCUT2D eigenvalue weighted by Gasteiger charge is -2.16. The molecule has 0 amide bonds. The molecule has 0 saturated heterocycles. The van der Waals surface area contributed by atoms with Crippen LogP contribution in [-0.4, -0.2) is 34.5 Å². The van der Waals surface area contributed by atoms with Crippen LogP contribution in [0.4, 0.5) is 0 Å². The van der Waals surface area contributed by atoms with Gasteiger partial charge in [0.25, 0.3) is 0 Å². The van der Waals surface area contributed by atoms with Crippen LogP contribution in [0.2, 0.25) is 5.02 Å². The third-order valence-electron chi connectivity index (χ3n) is 26.7. The Bertz CT molecular complexity index is 9780. The summed E-state index contributed by atoms with van der Waals surface area (Å²) >= 11 is 6.97. The van der Waals surface area contributed by atoms with Gasteiger partial charge >= 0.3 is 0 Å². The van der Waals surface area contributed by atoms with E-state index in [0.29, 0.717) is 51.1 Å². The van der Waals surface area contributed by atoms with E-state index in [4.69, 9.17) is 68.0 Å². The largest absolute Gasteiger partial charge is 0.456 e. The number of aromatic nitrogens is 7. The number of benzene rings is 20. The third kappa shape index (κ3) is 11.9. The highest BCUT2D eigenvalue weighted by atomic mass is 35.5. The van der Waals surface area contributed by atoms with Crippen molar-refractivity contribution < 1.29 is 26.5 Å². The van der Waals surface area contributed by atoms with Crippen LogP contribution in [0.5, 0.6) is 0 Å². The number of para-hydroxylation sites is 6. The normalized spacial score (nSPS) is 12.2. The van der Waals surface area contributed by atoms with Crippen LogP contribution in [0, 0.1) is 0 Å². The number of hydrogen-bond donors (Lipinski definition) is 0. The van der Waals surface area contributed by atoms with Crippen molar-refractivity contribution in [2.45, 2.75) is 6.42 Å². The Kier molecular flexibility index (Phi) is 16.3. The predicted octanol–water partition coefficient (Wildman–Crippen LogP) is 32.8. The summed E-state index contributed by atoms with van der Waals surface area (Å²) in [6, 6.07) is 134. The van der Waals surface area contributed by atoms with Gasteiger partial charge in [0.15, 0.2) is 34.9 Å². The van der Waals surface area contributed by atoms with Crippen molar-refractivity contribution in [2.75, 3.05) is 0 Å². The summed E-state index contributed by atoms with van der Waals surface area (Å²) in [4.78, 5) is 31.3. The van der Waals surface area contributed by atoms with Crippen LogP contribution in [0.15, 0.2) is 415 Å². The van der Waals surface area contributed by atoms with Gasteiger partial charge in [-0.3, -0.25) is 0 Å². The van der Waals surface area contributed by atoms with Crippen molar-refractivity contribution in [1.29, 1.82) is 0 Å². The molecule has 29 aromatic rings. The molecule has 20 aromatic carbocycles. The summed E-state index contributed by atoms with van der Waals surface area (Å²) in [5, 5.41) is 25.0. The van der Waals surface area contributed by atoms with Gasteiger partial charge in [0.05, 0.1) is 27.3 Å². The second-order valence-electron chi connectivity index (χ2n) is 34.3. The lowest BCUT2D eigenvalue weighted by atomic mass is 9.96. The number of nitrogens with zero attached hydrogens (tertiary/aromatic N) is 7. The molecular formula is C119H66ClN7O6. The maximum Gasteiger partial charge on any atom is 0.166 e. The van der Waals surface area contributed by atoms with E-state index in [2.05, 4.69) is 235 Å². The summed E-state index contributed by atoms with van der Waals surface area (Å²) < 4.78 is 40.5. The van der Waals surface area contributed by atoms with Crippen LogP contribution in [-0.2, 0) is 6.42 Å². The van der Waals surface area contributed by atoms with Crippen molar-refractivity contribution >= 4 is 208 Å². The molecule has 9 aromatic heterocycles. The van der Waals surface area contributed by atoms with E-state index in [1.807, 2.05) is 158 Å². The highest BCUT2D eigenvalue weighted by Crippen LogP contribution is 2.50. The first-order chi connectivity index (χ1) is 65.8. The highest BCUT2D eigenvalue weighted by molar-refractivity contribution is 6.36. The van der Waals surface area contributed by atoms with E-state index in [-0.39, 0.29) is 0 Å². The molecule has 0 spiro atoms. The Labute approximate surface area is 759 Å². The third-order valence-corrected chi connectivity index (χ3v) is 27.0. The van der Waals surface area contributed by atoms with Gasteiger partial charge in [0, 0.05) is 103 Å². The minimum atomic E-state index is 0.441. The molecule has 9 heterocycles. The van der Waals surface area contributed by atoms with E-state index >= 15 is 0 Å². The van der Waals surface area contributed by atoms with Gasteiger partial charge in [-0.1, -0.05) is 266 Å². The van der Waals surface area contributed by atoms with Crippen LogP contribution < -0.4 is 0 Å². The minimum Gasteiger partial charge on any atom is -0.456 e. The summed E-state index contributed by atoms with van der Waals surface area (Å²) in [5.74, 6) is 2.96. The fraction of sp³-hybridized carbons (Fsp3) is 0.00840. The summed E-state index contributed by atoms with van der Waals surface area (Å²) in [7, 11) is 0. The first-order valence-corrected chi connectivity index (χ1v) is 44.8. The van der Waals surface area contributed by atoms with Gasteiger partial charge in [-0.15, -0.1) is 0 Å². The van der Waals surface area contributed by atoms with Gasteiger partial charge in [-0.05, 0) is 205 Å². The zero-order chi connectivity index (χ0) is 87.2. The average Bonchev–Trinajstić information content (AvgIpc) is 1.55. The maximum absolute atomic E-state index is 6.97. The molecule has 133 heavy (non-hydrogen) atoms. The molecule has 0 unspecified atom stereocenters. The smallest absolute Gasteiger partial charge is 0.166 e. The molecule has 0 bridgehead atoms. The number of fused-ring (bicyclic) bond motifs is 30. The first kappa shape index (κ1) is 74.4. The average molecular weight is 1730 g/mol. The quantitative estimate of drug-likeness (QED) is 0.149. The van der Waals surface area contributed by atoms with Crippen molar-refractivity contribution in [3.05, 3.63) is 404 Å². The fourth-order valence-corrected chi connectivity index (χ4v) is 20.8. The van der Waals surface area contributed by atoms with E-state index in [9.17, 15) is 0 Å². The van der Waals surface area contributed by atoms with Crippen molar-refractivity contribution in [2.24, 2.45) is 0 Å². The lowest BCUT2D eigenvalue weighted by Crippen LogP contribution is -2.04. The molecule has 30 rings (SSSR count). The summed E-state index contributed by atoms with van der Waals surface area (Å²) in [5.41, 5.74) is 22.9. The number of halogens is 1. The Hall–Kier alpha value is -17.7. The topological polar surface area (TPSA) is 161 Å². The maximum atomic E-state index is 6.97. The van der Waals surface area contributed by atoms with E-state index in [1.165, 1.54) is 70.7 Å². The number of furan rings is 6. The second-order valence-corrected chi connectivity index (χ2v) is 34.7. The fourth-order valence-electron chi connectivity index (χ4n) is 20.6. The molecule has 1 aliphatic carbocycles. The van der Waals surface area contributed by atoms with Gasteiger partial charge in [-0.2, -0.15) is 0 Å². The SMILES string of the molecule is Clc1ccc2oc3ccccc3c2c1-c1nc(-c2ccc3c(c2)oc2ccccc23)nc(-c2ccc3c(c2)oc2ccccc23)n1.c1ccc2cc3c(cc2c1)Cc1ccc2ccccc2c1-3.c1ccc2cc3c(cc2c1)c1c2ccccc2ccc1n3-c1ccc2oc3ccccc3c2c1-c1nc(-c2ccc3c(c2)oc2ccccc23)nc(-c2ccc3c(c2)oc2ccccc23)n1. The zero-order valence-corrected chi connectivity index (χ0v) is 71.4. The van der Waals surface area contributed by atoms with Crippen LogP contribution in [0.3, 0.4) is 0 Å². The Morgan fingerprint density at radius 1 is 0.203 bits per heavy atom. The number of hydrogen-bond acceptors (Lipinski definition) is 12. The molecule has 0 radical (unpaired) electrons. The molecular weight excluding hydrogens is 1660 g/mol. The first-order valence-electron chi connectivity index (χ1n) is 44.4. The van der Waals surface area contributed by atoms with Crippen molar-refractivity contribution in [3.8, 4) is 85.1 Å². The standard InChI is InChI=1S/C59H32N4O3.C39H20ClN3O3.C21H14/c1-2-13-35-30-47-44(29-34(35)12-1)54-38-14-4-3-11-33(38)23-26-45(54)63(47)46-27-28-51-55(43-17-7-10-20-50(43)64-51)56(46)59-61-57(36-21-24-41-39-15-5-8-18-48(39)65-52(41)31-36)60-58(62-59)37-22-25-42-40-16-6-9-19-49(40)66-53(42)32-37;40-28-17-18-32-35(27-9-3-6-12-31(27)44-32)36(28)39-42-37(21-13-15-25-23-7-1-4-10-29(23)45-33(25)19-21)41-38(43-39)22-14-16-26-24-8-2-5-11-30(24)46-34(26)20-22;1-2-7-16-13-20-18(11-15(16)6-1)12-17-10-9-14-5-3-4-8-19(14)21(17)20/h1-32H;1-20H;1-11,13H,12H2. The number of rotatable bonds is 7. The summed E-state index contributed by atoms with van der Waals surface area (Å²) in [6.07, 6.45) is 1.06. The van der Waals surface area contributed by atoms with Gasteiger partial charge in [-0.25, -0.2) is 29.9 Å². The van der Waals surface area contributed by atoms with E-state index in [1.54, 1.807) is 0 Å². The van der Waals surface area contributed by atoms with Gasteiger partial charge in [0.2, 0.25) is 0 Å². The Balaban J connectivity index is 0.000000113. The minimum absolute atomic E-state index is 0.441. The lowest BCUT2D eigenvalue weighted by molar-refractivity contribution is 0.668. The second kappa shape index (κ2) is 29.2. The van der Waals surface area contributed by atoms with Crippen molar-refractivity contribution in [3.63, 3.8) is 0 Å². The monoisotopic (exact) mass is 1720 g/mol. The molecule has 0 saturated carbocycles. The Morgan fingerprint density at radius 3 is 1.03 bits per heavy atom. The van der Waals surface area contributed by atoms with E-state index in [0.717, 1.165) is 182 Å². The van der Waals surface area contributed by atoms with E-state index < -0.39 is 0 Å². The summed E-state index contributed by atoms with van der Waals surface area (Å²) in [6.45, 7) is 0. The molecule has 14 heteroatoms. The molecule has 0 N–H and O–H groups in total. The van der Waals surface area contributed by atoms with Crippen LogP contribution >= 0.6 is 11.6 Å². The van der Waals surface area contributed by atoms with Crippen LogP contribution in [0.1, 0.15) is 11.1 Å². The molecule has 1 aliphatic rings. The van der Waals surface area contributed by atoms with Gasteiger partial charge in [0.1, 0.15) is 67.0 Å². The predicted molar refractivity (Wildman–Crippen MR) is 540 cm³/mol. The molecule has 0 aliphatic heterocycles. The van der Waals surface area contributed by atoms with Gasteiger partial charge < -0.3 is 31.1 Å². The highest BCUT2D eigenvalue weighted by Gasteiger charge is 2.29. The molecule has 0 fully saturated rings. The van der Waals surface area contributed by atoms with Crippen LogP contribution in [0.25, 0.3) is 282 Å². The molecule has 13 nitrogen and oxygen atoms in total. The Morgan fingerprint density at radius 2 is 0.549 bits per heavy atom. The molecule has 620 valence electrons. The zero-order valence-electron chi connectivity index (χ0n) is 70.6.